The molecule has 0 aromatic carbocycles. The molecule has 10 heteroatoms. The molecule has 3 aromatic rings. The summed E-state index contributed by atoms with van der Waals surface area (Å²) in [4.78, 5) is 37.8. The Labute approximate surface area is 185 Å². The fraction of sp³-hybridized carbons (Fsp3) is 0.286. The first-order chi connectivity index (χ1) is 15.0. The van der Waals surface area contributed by atoms with Crippen LogP contribution in [0.1, 0.15) is 20.8 Å². The van der Waals surface area contributed by atoms with Gasteiger partial charge in [-0.2, -0.15) is 0 Å². The van der Waals surface area contributed by atoms with Gasteiger partial charge in [0.1, 0.15) is 0 Å². The van der Waals surface area contributed by atoms with E-state index in [1.54, 1.807) is 36.8 Å². The zero-order valence-corrected chi connectivity index (χ0v) is 20.1. The van der Waals surface area contributed by atoms with E-state index in [1.807, 2.05) is 20.8 Å². The van der Waals surface area contributed by atoms with Crippen LogP contribution in [0.15, 0.2) is 69.4 Å². The third-order valence-electron chi connectivity index (χ3n) is 4.65. The van der Waals surface area contributed by atoms with E-state index in [2.05, 4.69) is 0 Å². The third-order valence-corrected chi connectivity index (χ3v) is 7.46. The second-order valence-electron chi connectivity index (χ2n) is 6.53. The maximum atomic E-state index is 12.6. The van der Waals surface area contributed by atoms with Crippen LogP contribution in [0, 0.1) is 0 Å². The van der Waals surface area contributed by atoms with Crippen LogP contribution in [0.5, 0.6) is 17.2 Å². The van der Waals surface area contributed by atoms with Crippen molar-refractivity contribution in [1.82, 2.24) is 13.7 Å². The standard InChI is InChI=1S/3C7H9NO2.Ga/c3*1-2-8-5-3-4-6(9)7(8)10;/h3*3-5,9H,2H2,1H3;/q;;;+3/p-3. The van der Waals surface area contributed by atoms with E-state index in [0.717, 1.165) is 0 Å². The maximum absolute atomic E-state index is 12.6. The molecule has 0 saturated carbocycles. The number of hydrogen-bond acceptors (Lipinski definition) is 6. The summed E-state index contributed by atoms with van der Waals surface area (Å²) >= 11 is -3.83. The summed E-state index contributed by atoms with van der Waals surface area (Å²) in [5.74, 6) is 0.147. The van der Waals surface area contributed by atoms with Gasteiger partial charge in [0.05, 0.1) is 0 Å². The predicted molar refractivity (Wildman–Crippen MR) is 117 cm³/mol. The Hall–Kier alpha value is -3.11. The van der Waals surface area contributed by atoms with Gasteiger partial charge in [-0.1, -0.05) is 0 Å². The molecule has 0 aliphatic carbocycles. The second-order valence-corrected chi connectivity index (χ2v) is 9.23. The number of aryl methyl sites for hydroxylation is 3. The zero-order chi connectivity index (χ0) is 22.4. The number of nitrogens with zero attached hydrogens (tertiary/aromatic N) is 3. The molecule has 0 radical (unpaired) electrons. The molecule has 0 atom stereocenters. The van der Waals surface area contributed by atoms with Crippen LogP contribution in [-0.2, 0) is 19.6 Å². The van der Waals surface area contributed by atoms with Crippen molar-refractivity contribution in [2.75, 3.05) is 0 Å². The van der Waals surface area contributed by atoms with Gasteiger partial charge in [-0.3, -0.25) is 0 Å². The monoisotopic (exact) mass is 483 g/mol. The molecule has 0 saturated heterocycles. The Morgan fingerprint density at radius 3 is 1.16 bits per heavy atom. The van der Waals surface area contributed by atoms with E-state index in [9.17, 15) is 14.4 Å². The molecule has 3 aromatic heterocycles. The van der Waals surface area contributed by atoms with Gasteiger partial charge in [-0.05, 0) is 0 Å². The Kier molecular flexibility index (Phi) is 7.48. The number of pyridine rings is 3. The Balaban J connectivity index is 1.99. The van der Waals surface area contributed by atoms with Crippen molar-refractivity contribution in [2.45, 2.75) is 40.4 Å². The molecule has 0 unspecified atom stereocenters. The molecule has 0 bridgehead atoms. The van der Waals surface area contributed by atoms with Crippen LogP contribution in [0.25, 0.3) is 0 Å². The molecule has 0 fully saturated rings. The van der Waals surface area contributed by atoms with E-state index in [1.165, 1.54) is 31.9 Å². The van der Waals surface area contributed by atoms with Crippen molar-refractivity contribution >= 4 is 17.3 Å². The summed E-state index contributed by atoms with van der Waals surface area (Å²) in [6, 6.07) is 9.59. The van der Waals surface area contributed by atoms with Crippen LogP contribution >= 0.6 is 0 Å². The van der Waals surface area contributed by atoms with Crippen LogP contribution < -0.4 is 27.3 Å². The fourth-order valence-electron chi connectivity index (χ4n) is 2.94. The molecule has 0 aliphatic heterocycles. The number of rotatable bonds is 9. The molecular weight excluding hydrogens is 460 g/mol. The van der Waals surface area contributed by atoms with Crippen molar-refractivity contribution in [3.8, 4) is 17.2 Å². The van der Waals surface area contributed by atoms with E-state index in [-0.39, 0.29) is 33.9 Å². The summed E-state index contributed by atoms with van der Waals surface area (Å²) in [7, 11) is 0. The minimum absolute atomic E-state index is 0.0489. The van der Waals surface area contributed by atoms with Gasteiger partial charge in [0.15, 0.2) is 0 Å². The van der Waals surface area contributed by atoms with Crippen molar-refractivity contribution < 1.29 is 10.6 Å². The minimum atomic E-state index is -3.83. The summed E-state index contributed by atoms with van der Waals surface area (Å²) in [5, 5.41) is 0. The number of aromatic nitrogens is 3. The predicted octanol–water partition coefficient (Wildman–Crippen LogP) is 1.75. The summed E-state index contributed by atoms with van der Waals surface area (Å²) in [6.07, 6.45) is 4.94. The summed E-state index contributed by atoms with van der Waals surface area (Å²) < 4.78 is 22.0. The van der Waals surface area contributed by atoms with E-state index < -0.39 is 17.3 Å². The van der Waals surface area contributed by atoms with Crippen molar-refractivity contribution in [2.24, 2.45) is 0 Å². The van der Waals surface area contributed by atoms with Gasteiger partial charge in [0, 0.05) is 0 Å². The first kappa shape index (κ1) is 22.6. The van der Waals surface area contributed by atoms with Crippen molar-refractivity contribution in [3.05, 3.63) is 86.1 Å². The first-order valence-electron chi connectivity index (χ1n) is 10.1. The van der Waals surface area contributed by atoms with E-state index in [4.69, 9.17) is 10.6 Å². The fourth-order valence-corrected chi connectivity index (χ4v) is 5.68. The Morgan fingerprint density at radius 2 is 0.903 bits per heavy atom. The van der Waals surface area contributed by atoms with Gasteiger partial charge >= 0.3 is 185 Å². The van der Waals surface area contributed by atoms with Gasteiger partial charge < -0.3 is 0 Å². The molecule has 31 heavy (non-hydrogen) atoms. The quantitative estimate of drug-likeness (QED) is 0.430. The molecule has 9 nitrogen and oxygen atoms in total. The van der Waals surface area contributed by atoms with Crippen LogP contribution in [0.4, 0.5) is 0 Å². The van der Waals surface area contributed by atoms with Gasteiger partial charge in [-0.15, -0.1) is 0 Å². The molecule has 0 spiro atoms. The molecule has 0 amide bonds. The molecular formula is C21H24GaN3O6. The summed E-state index contributed by atoms with van der Waals surface area (Å²) in [5.41, 5.74) is -1.03. The summed E-state index contributed by atoms with van der Waals surface area (Å²) in [6.45, 7) is 6.92. The van der Waals surface area contributed by atoms with Gasteiger partial charge in [0.25, 0.3) is 0 Å². The normalized spacial score (nSPS) is 10.5. The molecule has 162 valence electrons. The van der Waals surface area contributed by atoms with Gasteiger partial charge in [-0.25, -0.2) is 0 Å². The molecule has 3 heterocycles. The Morgan fingerprint density at radius 1 is 0.613 bits per heavy atom. The van der Waals surface area contributed by atoms with E-state index in [0.29, 0.717) is 19.6 Å². The SMILES string of the molecule is CCn1cccc([O][Ga]([O]c2cccn(CC)c2=O)[O]c2cccn(CC)c2=O)c1=O. The average Bonchev–Trinajstić information content (AvgIpc) is 2.78. The molecule has 0 aliphatic rings. The van der Waals surface area contributed by atoms with E-state index >= 15 is 0 Å². The van der Waals surface area contributed by atoms with Crippen molar-refractivity contribution in [3.63, 3.8) is 0 Å². The first-order valence-corrected chi connectivity index (χ1v) is 13.0. The average molecular weight is 484 g/mol. The number of hydrogen-bond donors (Lipinski definition) is 0. The molecule has 0 N–H and O–H groups in total. The van der Waals surface area contributed by atoms with Crippen LogP contribution in [0.2, 0.25) is 0 Å². The zero-order valence-electron chi connectivity index (χ0n) is 17.7. The van der Waals surface area contributed by atoms with Crippen LogP contribution in [0.3, 0.4) is 0 Å². The third kappa shape index (κ3) is 5.15. The topological polar surface area (TPSA) is 93.7 Å². The van der Waals surface area contributed by atoms with Gasteiger partial charge in [0.2, 0.25) is 0 Å². The molecule has 3 rings (SSSR count). The Bertz CT molecular complexity index is 1070. The second kappa shape index (κ2) is 10.3. The van der Waals surface area contributed by atoms with Crippen molar-refractivity contribution in [1.29, 1.82) is 0 Å². The van der Waals surface area contributed by atoms with Crippen LogP contribution in [-0.4, -0.2) is 31.0 Å².